The Labute approximate surface area is 101 Å². The Morgan fingerprint density at radius 1 is 1.20 bits per heavy atom. The first kappa shape index (κ1) is 15.3. The SMILES string of the molecule is CC(C)OCCN(C)CC(CS)C(C)C. The van der Waals surface area contributed by atoms with Gasteiger partial charge < -0.3 is 9.64 Å². The molecule has 0 amide bonds. The first-order valence-corrected chi connectivity index (χ1v) is 6.51. The second kappa shape index (κ2) is 8.43. The number of nitrogens with zero attached hydrogens (tertiary/aromatic N) is 1. The zero-order valence-electron chi connectivity index (χ0n) is 10.9. The van der Waals surface area contributed by atoms with Crippen molar-refractivity contribution in [3.05, 3.63) is 0 Å². The van der Waals surface area contributed by atoms with Crippen LogP contribution in [0.25, 0.3) is 0 Å². The first-order chi connectivity index (χ1) is 6.97. The summed E-state index contributed by atoms with van der Waals surface area (Å²) in [6, 6.07) is 0. The molecule has 0 N–H and O–H groups in total. The summed E-state index contributed by atoms with van der Waals surface area (Å²) in [5.41, 5.74) is 0. The molecule has 0 radical (unpaired) electrons. The van der Waals surface area contributed by atoms with Gasteiger partial charge in [0.1, 0.15) is 0 Å². The van der Waals surface area contributed by atoms with Gasteiger partial charge in [0.05, 0.1) is 12.7 Å². The summed E-state index contributed by atoms with van der Waals surface area (Å²) in [6.07, 6.45) is 0.337. The number of ether oxygens (including phenoxy) is 1. The van der Waals surface area contributed by atoms with E-state index in [0.29, 0.717) is 17.9 Å². The lowest BCUT2D eigenvalue weighted by molar-refractivity contribution is 0.0605. The zero-order chi connectivity index (χ0) is 11.8. The van der Waals surface area contributed by atoms with Crippen LogP contribution in [0.4, 0.5) is 0 Å². The summed E-state index contributed by atoms with van der Waals surface area (Å²) >= 11 is 4.40. The average molecular weight is 233 g/mol. The summed E-state index contributed by atoms with van der Waals surface area (Å²) in [4.78, 5) is 2.34. The summed E-state index contributed by atoms with van der Waals surface area (Å²) in [7, 11) is 2.16. The minimum atomic E-state index is 0.337. The third-order valence-electron chi connectivity index (χ3n) is 2.65. The fraction of sp³-hybridized carbons (Fsp3) is 1.00. The smallest absolute Gasteiger partial charge is 0.0596 e. The van der Waals surface area contributed by atoms with Gasteiger partial charge in [-0.15, -0.1) is 0 Å². The molecule has 0 heterocycles. The second-order valence-electron chi connectivity index (χ2n) is 4.87. The van der Waals surface area contributed by atoms with Crippen LogP contribution in [0.1, 0.15) is 27.7 Å². The van der Waals surface area contributed by atoms with Crippen LogP contribution >= 0.6 is 12.6 Å². The molecule has 0 fully saturated rings. The minimum absolute atomic E-state index is 0.337. The van der Waals surface area contributed by atoms with Gasteiger partial charge in [0.15, 0.2) is 0 Å². The van der Waals surface area contributed by atoms with Crippen molar-refractivity contribution in [2.24, 2.45) is 11.8 Å². The van der Waals surface area contributed by atoms with Crippen molar-refractivity contribution in [2.75, 3.05) is 32.5 Å². The van der Waals surface area contributed by atoms with Crippen molar-refractivity contribution in [1.82, 2.24) is 4.90 Å². The predicted molar refractivity (Wildman–Crippen MR) is 70.8 cm³/mol. The number of hydrogen-bond acceptors (Lipinski definition) is 3. The van der Waals surface area contributed by atoms with Crippen LogP contribution in [0.15, 0.2) is 0 Å². The van der Waals surface area contributed by atoms with Crippen LogP contribution in [0.2, 0.25) is 0 Å². The van der Waals surface area contributed by atoms with Crippen LogP contribution < -0.4 is 0 Å². The van der Waals surface area contributed by atoms with Gasteiger partial charge >= 0.3 is 0 Å². The lowest BCUT2D eigenvalue weighted by atomic mass is 9.97. The lowest BCUT2D eigenvalue weighted by Gasteiger charge is -2.25. The van der Waals surface area contributed by atoms with E-state index < -0.39 is 0 Å². The normalized spacial score (nSPS) is 14.2. The molecule has 0 aromatic carbocycles. The van der Waals surface area contributed by atoms with E-state index >= 15 is 0 Å². The molecule has 0 bridgehead atoms. The summed E-state index contributed by atoms with van der Waals surface area (Å²) in [5.74, 6) is 2.35. The lowest BCUT2D eigenvalue weighted by Crippen LogP contribution is -2.32. The number of rotatable bonds is 8. The van der Waals surface area contributed by atoms with Crippen molar-refractivity contribution in [1.29, 1.82) is 0 Å². The largest absolute Gasteiger partial charge is 0.377 e. The molecule has 15 heavy (non-hydrogen) atoms. The highest BCUT2D eigenvalue weighted by atomic mass is 32.1. The van der Waals surface area contributed by atoms with Crippen LogP contribution in [-0.4, -0.2) is 43.5 Å². The molecule has 0 aliphatic carbocycles. The number of hydrogen-bond donors (Lipinski definition) is 1. The highest BCUT2D eigenvalue weighted by molar-refractivity contribution is 7.80. The van der Waals surface area contributed by atoms with E-state index in [9.17, 15) is 0 Å². The Balaban J connectivity index is 3.66. The Morgan fingerprint density at radius 3 is 2.20 bits per heavy atom. The maximum Gasteiger partial charge on any atom is 0.0596 e. The summed E-state index contributed by atoms with van der Waals surface area (Å²) < 4.78 is 5.53. The van der Waals surface area contributed by atoms with Gasteiger partial charge in [0.25, 0.3) is 0 Å². The van der Waals surface area contributed by atoms with Gasteiger partial charge in [-0.25, -0.2) is 0 Å². The Hall–Kier alpha value is 0.270. The molecule has 0 spiro atoms. The van der Waals surface area contributed by atoms with Crippen LogP contribution in [-0.2, 0) is 4.74 Å². The number of likely N-dealkylation sites (N-methyl/N-ethyl adjacent to an activating group) is 1. The molecule has 0 aromatic rings. The molecule has 0 saturated carbocycles. The van der Waals surface area contributed by atoms with Crippen LogP contribution in [0.3, 0.4) is 0 Å². The molecule has 1 atom stereocenters. The highest BCUT2D eigenvalue weighted by Gasteiger charge is 2.13. The molecule has 2 nitrogen and oxygen atoms in total. The second-order valence-corrected chi connectivity index (χ2v) is 5.23. The van der Waals surface area contributed by atoms with E-state index in [4.69, 9.17) is 4.74 Å². The van der Waals surface area contributed by atoms with E-state index in [1.54, 1.807) is 0 Å². The fourth-order valence-corrected chi connectivity index (χ4v) is 1.95. The van der Waals surface area contributed by atoms with Gasteiger partial charge in [-0.2, -0.15) is 12.6 Å². The van der Waals surface area contributed by atoms with Crippen LogP contribution in [0, 0.1) is 11.8 Å². The van der Waals surface area contributed by atoms with Crippen molar-refractivity contribution in [3.8, 4) is 0 Å². The quantitative estimate of drug-likeness (QED) is 0.647. The standard InChI is InChI=1S/C12H27NOS/c1-10(2)12(9-15)8-13(5)6-7-14-11(3)4/h10-12,15H,6-9H2,1-5H3. The molecule has 0 aliphatic rings. The monoisotopic (exact) mass is 233 g/mol. The third-order valence-corrected chi connectivity index (χ3v) is 3.12. The van der Waals surface area contributed by atoms with Gasteiger partial charge in [-0.3, -0.25) is 0 Å². The van der Waals surface area contributed by atoms with Crippen molar-refractivity contribution >= 4 is 12.6 Å². The van der Waals surface area contributed by atoms with E-state index in [0.717, 1.165) is 25.4 Å². The molecular weight excluding hydrogens is 206 g/mol. The van der Waals surface area contributed by atoms with E-state index in [1.165, 1.54) is 0 Å². The maximum atomic E-state index is 5.53. The Morgan fingerprint density at radius 2 is 1.80 bits per heavy atom. The first-order valence-electron chi connectivity index (χ1n) is 5.88. The molecular formula is C12H27NOS. The molecule has 0 aliphatic heterocycles. The zero-order valence-corrected chi connectivity index (χ0v) is 11.8. The summed E-state index contributed by atoms with van der Waals surface area (Å²) in [6.45, 7) is 11.6. The highest BCUT2D eigenvalue weighted by Crippen LogP contribution is 2.13. The van der Waals surface area contributed by atoms with Gasteiger partial charge in [0.2, 0.25) is 0 Å². The summed E-state index contributed by atoms with van der Waals surface area (Å²) in [5, 5.41) is 0. The van der Waals surface area contributed by atoms with Gasteiger partial charge in [-0.1, -0.05) is 13.8 Å². The average Bonchev–Trinajstić information content (AvgIpc) is 2.13. The van der Waals surface area contributed by atoms with E-state index in [1.807, 2.05) is 0 Å². The van der Waals surface area contributed by atoms with Crippen LogP contribution in [0.5, 0.6) is 0 Å². The molecule has 92 valence electrons. The molecule has 1 unspecified atom stereocenters. The maximum absolute atomic E-state index is 5.53. The van der Waals surface area contributed by atoms with Gasteiger partial charge in [0, 0.05) is 13.1 Å². The van der Waals surface area contributed by atoms with Crippen molar-refractivity contribution in [3.63, 3.8) is 0 Å². The Bertz CT molecular complexity index is 151. The van der Waals surface area contributed by atoms with E-state index in [-0.39, 0.29) is 0 Å². The predicted octanol–water partition coefficient (Wildman–Crippen LogP) is 2.55. The van der Waals surface area contributed by atoms with E-state index in [2.05, 4.69) is 52.3 Å². The Kier molecular flexibility index (Phi) is 8.58. The number of thiol groups is 1. The molecule has 3 heteroatoms. The van der Waals surface area contributed by atoms with Gasteiger partial charge in [-0.05, 0) is 38.5 Å². The van der Waals surface area contributed by atoms with Crippen molar-refractivity contribution < 1.29 is 4.74 Å². The molecule has 0 saturated heterocycles. The minimum Gasteiger partial charge on any atom is -0.377 e. The molecule has 0 rings (SSSR count). The molecule has 0 aromatic heterocycles. The van der Waals surface area contributed by atoms with Crippen molar-refractivity contribution in [2.45, 2.75) is 33.8 Å². The topological polar surface area (TPSA) is 12.5 Å². The third kappa shape index (κ3) is 8.12. The fourth-order valence-electron chi connectivity index (χ4n) is 1.42.